The summed E-state index contributed by atoms with van der Waals surface area (Å²) in [7, 11) is 1.78. The number of carbonyl (C=O) groups excluding carboxylic acids is 1. The van der Waals surface area contributed by atoms with Gasteiger partial charge in [0.05, 0.1) is 11.8 Å². The molecular weight excluding hydrogens is 218 g/mol. The van der Waals surface area contributed by atoms with E-state index in [1.165, 1.54) is 0 Å². The lowest BCUT2D eigenvalue weighted by Gasteiger charge is -2.24. The third-order valence-electron chi connectivity index (χ3n) is 3.57. The molecule has 1 amide bonds. The van der Waals surface area contributed by atoms with Crippen molar-refractivity contribution in [1.82, 2.24) is 4.90 Å². The first kappa shape index (κ1) is 14.0. The predicted octanol–water partition coefficient (Wildman–Crippen LogP) is 1.99. The molecule has 0 unspecified atom stereocenters. The quantitative estimate of drug-likeness (QED) is 0.800. The molecule has 1 fully saturated rings. The molecule has 0 radical (unpaired) electrons. The Morgan fingerprint density at radius 1 is 1.29 bits per heavy atom. The lowest BCUT2D eigenvalue weighted by molar-refractivity contribution is -0.148. The molecule has 0 aliphatic heterocycles. The smallest absolute Gasteiger partial charge is 0.307 e. The van der Waals surface area contributed by atoms with Crippen LogP contribution in [-0.2, 0) is 9.59 Å². The topological polar surface area (TPSA) is 57.6 Å². The molecule has 4 heteroatoms. The van der Waals surface area contributed by atoms with Gasteiger partial charge in [-0.25, -0.2) is 0 Å². The molecule has 0 saturated heterocycles. The number of nitrogens with zero attached hydrogens (tertiary/aromatic N) is 1. The molecule has 4 nitrogen and oxygen atoms in total. The maximum Gasteiger partial charge on any atom is 0.307 e. The van der Waals surface area contributed by atoms with Crippen molar-refractivity contribution >= 4 is 11.9 Å². The van der Waals surface area contributed by atoms with E-state index in [1.807, 2.05) is 0 Å². The number of hydrogen-bond donors (Lipinski definition) is 1. The predicted molar refractivity (Wildman–Crippen MR) is 65.6 cm³/mol. The molecule has 98 valence electrons. The van der Waals surface area contributed by atoms with Crippen molar-refractivity contribution in [3.63, 3.8) is 0 Å². The van der Waals surface area contributed by atoms with Gasteiger partial charge in [0.25, 0.3) is 0 Å². The van der Waals surface area contributed by atoms with Gasteiger partial charge in [0, 0.05) is 13.6 Å². The van der Waals surface area contributed by atoms with Crippen LogP contribution in [-0.4, -0.2) is 35.5 Å². The van der Waals surface area contributed by atoms with Gasteiger partial charge in [-0.2, -0.15) is 0 Å². The Morgan fingerprint density at radius 3 is 2.41 bits per heavy atom. The highest BCUT2D eigenvalue weighted by Crippen LogP contribution is 2.33. The molecule has 17 heavy (non-hydrogen) atoms. The maximum absolute atomic E-state index is 12.1. The van der Waals surface area contributed by atoms with Crippen molar-refractivity contribution in [3.8, 4) is 0 Å². The Balaban J connectivity index is 2.53. The molecule has 1 aliphatic carbocycles. The van der Waals surface area contributed by atoms with Crippen LogP contribution in [0.4, 0.5) is 0 Å². The first-order valence-corrected chi connectivity index (χ1v) is 6.41. The van der Waals surface area contributed by atoms with E-state index in [1.54, 1.807) is 11.9 Å². The van der Waals surface area contributed by atoms with E-state index in [9.17, 15) is 9.59 Å². The Morgan fingerprint density at radius 2 is 1.88 bits per heavy atom. The number of amides is 1. The van der Waals surface area contributed by atoms with Crippen LogP contribution in [0, 0.1) is 17.8 Å². The Bertz CT molecular complexity index is 288. The van der Waals surface area contributed by atoms with Crippen LogP contribution in [0.25, 0.3) is 0 Å². The molecule has 0 heterocycles. The fourth-order valence-electron chi connectivity index (χ4n) is 2.40. The van der Waals surface area contributed by atoms with Gasteiger partial charge in [0.15, 0.2) is 0 Å². The lowest BCUT2D eigenvalue weighted by Crippen LogP contribution is -2.37. The number of rotatable bonds is 5. The summed E-state index contributed by atoms with van der Waals surface area (Å²) in [5.41, 5.74) is 0. The normalized spacial score (nSPS) is 24.0. The molecule has 0 bridgehead atoms. The highest BCUT2D eigenvalue weighted by Gasteiger charge is 2.38. The minimum atomic E-state index is -0.821. The van der Waals surface area contributed by atoms with E-state index in [0.717, 1.165) is 25.8 Å². The second kappa shape index (κ2) is 6.03. The fraction of sp³-hybridized carbons (Fsp3) is 0.846. The van der Waals surface area contributed by atoms with Crippen LogP contribution >= 0.6 is 0 Å². The highest BCUT2D eigenvalue weighted by molar-refractivity contribution is 5.85. The molecule has 1 aliphatic rings. The minimum Gasteiger partial charge on any atom is -0.481 e. The van der Waals surface area contributed by atoms with E-state index >= 15 is 0 Å². The third kappa shape index (κ3) is 3.72. The summed E-state index contributed by atoms with van der Waals surface area (Å²) in [6.07, 6.45) is 3.18. The van der Waals surface area contributed by atoms with Gasteiger partial charge in [-0.1, -0.05) is 20.3 Å². The summed E-state index contributed by atoms with van der Waals surface area (Å²) >= 11 is 0. The van der Waals surface area contributed by atoms with E-state index in [0.29, 0.717) is 12.3 Å². The zero-order valence-electron chi connectivity index (χ0n) is 11.0. The van der Waals surface area contributed by atoms with Gasteiger partial charge in [-0.15, -0.1) is 0 Å². The highest BCUT2D eigenvalue weighted by atomic mass is 16.4. The van der Waals surface area contributed by atoms with Gasteiger partial charge < -0.3 is 10.0 Å². The summed E-state index contributed by atoms with van der Waals surface area (Å²) in [6.45, 7) is 4.96. The van der Waals surface area contributed by atoms with Crippen molar-refractivity contribution in [2.45, 2.75) is 39.5 Å². The van der Waals surface area contributed by atoms with Crippen molar-refractivity contribution < 1.29 is 14.7 Å². The first-order chi connectivity index (χ1) is 7.93. The zero-order valence-corrected chi connectivity index (χ0v) is 11.0. The van der Waals surface area contributed by atoms with E-state index in [-0.39, 0.29) is 11.8 Å². The second-order valence-corrected chi connectivity index (χ2v) is 5.42. The van der Waals surface area contributed by atoms with Gasteiger partial charge in [-0.05, 0) is 25.2 Å². The van der Waals surface area contributed by atoms with E-state index < -0.39 is 11.9 Å². The SMILES string of the molecule is CC(C)CCN(C)C(=O)[C@@H]1CCC[C@@H]1C(=O)O. The van der Waals surface area contributed by atoms with Crippen molar-refractivity contribution in [2.24, 2.45) is 17.8 Å². The number of aliphatic carboxylic acids is 1. The van der Waals surface area contributed by atoms with Crippen LogP contribution < -0.4 is 0 Å². The number of carboxylic acids is 1. The molecule has 1 rings (SSSR count). The van der Waals surface area contributed by atoms with Gasteiger partial charge in [-0.3, -0.25) is 9.59 Å². The van der Waals surface area contributed by atoms with Crippen molar-refractivity contribution in [1.29, 1.82) is 0 Å². The number of hydrogen-bond acceptors (Lipinski definition) is 2. The van der Waals surface area contributed by atoms with E-state index in [4.69, 9.17) is 5.11 Å². The molecule has 2 atom stereocenters. The molecule has 0 spiro atoms. The molecule has 1 saturated carbocycles. The van der Waals surface area contributed by atoms with Gasteiger partial charge in [0.1, 0.15) is 0 Å². The fourth-order valence-corrected chi connectivity index (χ4v) is 2.40. The number of carbonyl (C=O) groups is 2. The molecule has 1 N–H and O–H groups in total. The van der Waals surface area contributed by atoms with Crippen LogP contribution in [0.15, 0.2) is 0 Å². The van der Waals surface area contributed by atoms with Gasteiger partial charge >= 0.3 is 5.97 Å². The average molecular weight is 241 g/mol. The van der Waals surface area contributed by atoms with Crippen LogP contribution in [0.3, 0.4) is 0 Å². The maximum atomic E-state index is 12.1. The monoisotopic (exact) mass is 241 g/mol. The molecule has 0 aromatic carbocycles. The largest absolute Gasteiger partial charge is 0.481 e. The Kier molecular flexibility index (Phi) is 4.97. The molecule has 0 aromatic heterocycles. The Hall–Kier alpha value is -1.06. The van der Waals surface area contributed by atoms with Crippen LogP contribution in [0.2, 0.25) is 0 Å². The number of carboxylic acid groups (broad SMARTS) is 1. The molecule has 0 aromatic rings. The lowest BCUT2D eigenvalue weighted by atomic mass is 9.94. The minimum absolute atomic E-state index is 0.00977. The summed E-state index contributed by atoms with van der Waals surface area (Å²) in [5.74, 6) is -1.02. The summed E-state index contributed by atoms with van der Waals surface area (Å²) in [5, 5.41) is 9.06. The summed E-state index contributed by atoms with van der Waals surface area (Å²) in [4.78, 5) is 24.9. The first-order valence-electron chi connectivity index (χ1n) is 6.41. The third-order valence-corrected chi connectivity index (χ3v) is 3.57. The van der Waals surface area contributed by atoms with Crippen molar-refractivity contribution in [2.75, 3.05) is 13.6 Å². The summed E-state index contributed by atoms with van der Waals surface area (Å²) < 4.78 is 0. The Labute approximate surface area is 103 Å². The van der Waals surface area contributed by atoms with Crippen molar-refractivity contribution in [3.05, 3.63) is 0 Å². The summed E-state index contributed by atoms with van der Waals surface area (Å²) in [6, 6.07) is 0. The van der Waals surface area contributed by atoms with Crippen LogP contribution in [0.1, 0.15) is 39.5 Å². The van der Waals surface area contributed by atoms with Crippen LogP contribution in [0.5, 0.6) is 0 Å². The molecular formula is C13H23NO3. The average Bonchev–Trinajstić information content (AvgIpc) is 2.73. The van der Waals surface area contributed by atoms with E-state index in [2.05, 4.69) is 13.8 Å². The zero-order chi connectivity index (χ0) is 13.0. The second-order valence-electron chi connectivity index (χ2n) is 5.42. The van der Waals surface area contributed by atoms with Gasteiger partial charge in [0.2, 0.25) is 5.91 Å². The standard InChI is InChI=1S/C13H23NO3/c1-9(2)7-8-14(3)12(15)10-5-4-6-11(10)13(16)17/h9-11H,4-8H2,1-3H3,(H,16,17)/t10-,11+/m1/s1.